The van der Waals surface area contributed by atoms with Gasteiger partial charge in [-0.05, 0) is 30.9 Å². The highest BCUT2D eigenvalue weighted by atomic mass is 35.5. The van der Waals surface area contributed by atoms with Gasteiger partial charge in [0.2, 0.25) is 5.91 Å². The third kappa shape index (κ3) is 5.64. The number of amides is 1. The summed E-state index contributed by atoms with van der Waals surface area (Å²) in [5.74, 6) is 0.489. The van der Waals surface area contributed by atoms with Gasteiger partial charge in [0, 0.05) is 31.9 Å². The van der Waals surface area contributed by atoms with Crippen LogP contribution >= 0.6 is 24.8 Å². The molecule has 1 aliphatic rings. The third-order valence-corrected chi connectivity index (χ3v) is 4.25. The minimum absolute atomic E-state index is 0. The van der Waals surface area contributed by atoms with Crippen LogP contribution < -0.4 is 10.6 Å². The Balaban J connectivity index is 0.00000242. The smallest absolute Gasteiger partial charge is 0.241 e. The van der Waals surface area contributed by atoms with Gasteiger partial charge in [-0.2, -0.15) is 0 Å². The molecule has 132 valence electrons. The van der Waals surface area contributed by atoms with Crippen molar-refractivity contribution < 1.29 is 4.79 Å². The van der Waals surface area contributed by atoms with Crippen molar-refractivity contribution >= 4 is 36.4 Å². The summed E-state index contributed by atoms with van der Waals surface area (Å²) >= 11 is 0. The monoisotopic (exact) mass is 361 g/mol. The van der Waals surface area contributed by atoms with E-state index < -0.39 is 0 Å². The number of para-hydroxylation sites is 1. The summed E-state index contributed by atoms with van der Waals surface area (Å²) in [6.45, 7) is 12.1. The van der Waals surface area contributed by atoms with E-state index in [2.05, 4.69) is 54.5 Å². The summed E-state index contributed by atoms with van der Waals surface area (Å²) in [5, 5.41) is 6.47. The van der Waals surface area contributed by atoms with Crippen LogP contribution in [0.15, 0.2) is 18.2 Å². The van der Waals surface area contributed by atoms with E-state index in [0.29, 0.717) is 5.92 Å². The van der Waals surface area contributed by atoms with E-state index in [1.54, 1.807) is 0 Å². The predicted octanol–water partition coefficient (Wildman–Crippen LogP) is 3.19. The lowest BCUT2D eigenvalue weighted by molar-refractivity contribution is -0.121. The Hall–Kier alpha value is -0.810. The maximum absolute atomic E-state index is 12.6. The average Bonchev–Trinajstić information content (AvgIpc) is 2.49. The summed E-state index contributed by atoms with van der Waals surface area (Å²) in [7, 11) is 0. The topological polar surface area (TPSA) is 44.4 Å². The molecule has 6 heteroatoms. The number of halogens is 2. The van der Waals surface area contributed by atoms with Crippen molar-refractivity contribution in [2.24, 2.45) is 0 Å². The quantitative estimate of drug-likeness (QED) is 0.865. The summed E-state index contributed by atoms with van der Waals surface area (Å²) in [4.78, 5) is 14.8. The van der Waals surface area contributed by atoms with Crippen LogP contribution in [0.5, 0.6) is 0 Å². The van der Waals surface area contributed by atoms with Gasteiger partial charge in [-0.25, -0.2) is 0 Å². The summed E-state index contributed by atoms with van der Waals surface area (Å²) in [5.41, 5.74) is 3.32. The van der Waals surface area contributed by atoms with Crippen LogP contribution in [0.2, 0.25) is 0 Å². The molecule has 0 spiro atoms. The zero-order valence-corrected chi connectivity index (χ0v) is 16.0. The summed E-state index contributed by atoms with van der Waals surface area (Å²) in [6, 6.07) is 6.12. The van der Waals surface area contributed by atoms with Crippen LogP contribution in [-0.2, 0) is 4.79 Å². The molecular weight excluding hydrogens is 333 g/mol. The Morgan fingerprint density at radius 2 is 1.78 bits per heavy atom. The maximum Gasteiger partial charge on any atom is 0.241 e. The molecule has 1 aliphatic heterocycles. The van der Waals surface area contributed by atoms with Crippen LogP contribution in [0.4, 0.5) is 5.69 Å². The van der Waals surface area contributed by atoms with Crippen molar-refractivity contribution in [3.8, 4) is 0 Å². The number of aryl methyl sites for hydroxylation is 1. The first kappa shape index (κ1) is 22.2. The molecule has 0 aromatic heterocycles. The molecule has 1 saturated heterocycles. The van der Waals surface area contributed by atoms with Crippen LogP contribution in [0.3, 0.4) is 0 Å². The molecule has 23 heavy (non-hydrogen) atoms. The van der Waals surface area contributed by atoms with E-state index in [1.165, 1.54) is 5.56 Å². The van der Waals surface area contributed by atoms with E-state index in [4.69, 9.17) is 0 Å². The first-order chi connectivity index (χ1) is 10.0. The molecule has 1 amide bonds. The molecule has 1 unspecified atom stereocenters. The zero-order valence-electron chi connectivity index (χ0n) is 14.4. The SMILES string of the molecule is Cc1cccc(C(C)C)c1NC(=O)C(C)N1CCNCC1.Cl.Cl. The summed E-state index contributed by atoms with van der Waals surface area (Å²) < 4.78 is 0. The molecule has 1 aromatic rings. The number of carbonyl (C=O) groups excluding carboxylic acids is 1. The minimum atomic E-state index is -0.0910. The third-order valence-electron chi connectivity index (χ3n) is 4.25. The van der Waals surface area contributed by atoms with E-state index in [0.717, 1.165) is 37.4 Å². The number of hydrogen-bond acceptors (Lipinski definition) is 3. The van der Waals surface area contributed by atoms with Gasteiger partial charge in [-0.15, -0.1) is 24.8 Å². The second-order valence-corrected chi connectivity index (χ2v) is 6.15. The number of benzene rings is 1. The number of nitrogens with one attached hydrogen (secondary N) is 2. The van der Waals surface area contributed by atoms with E-state index >= 15 is 0 Å². The fourth-order valence-electron chi connectivity index (χ4n) is 2.81. The molecule has 1 heterocycles. The molecule has 2 N–H and O–H groups in total. The number of rotatable bonds is 4. The van der Waals surface area contributed by atoms with E-state index in [1.807, 2.05) is 6.92 Å². The maximum atomic E-state index is 12.6. The molecular formula is C17H29Cl2N3O. The second kappa shape index (κ2) is 10.1. The standard InChI is InChI=1S/C17H27N3O.2ClH/c1-12(2)15-7-5-6-13(3)16(15)19-17(21)14(4)20-10-8-18-9-11-20;;/h5-7,12,14,18H,8-11H2,1-4H3,(H,19,21);2*1H. The Bertz CT molecular complexity index is 503. The van der Waals surface area contributed by atoms with Gasteiger partial charge >= 0.3 is 0 Å². The minimum Gasteiger partial charge on any atom is -0.324 e. The van der Waals surface area contributed by atoms with Crippen molar-refractivity contribution in [3.63, 3.8) is 0 Å². The van der Waals surface area contributed by atoms with E-state index in [-0.39, 0.29) is 36.8 Å². The van der Waals surface area contributed by atoms with Crippen molar-refractivity contribution in [2.75, 3.05) is 31.5 Å². The number of piperazine rings is 1. The highest BCUT2D eigenvalue weighted by Crippen LogP contribution is 2.27. The van der Waals surface area contributed by atoms with Gasteiger partial charge in [-0.1, -0.05) is 32.0 Å². The lowest BCUT2D eigenvalue weighted by atomic mass is 9.98. The Morgan fingerprint density at radius 3 is 2.35 bits per heavy atom. The zero-order chi connectivity index (χ0) is 15.4. The number of hydrogen-bond donors (Lipinski definition) is 2. The van der Waals surface area contributed by atoms with Gasteiger partial charge in [0.1, 0.15) is 0 Å². The lowest BCUT2D eigenvalue weighted by Gasteiger charge is -2.32. The van der Waals surface area contributed by atoms with E-state index in [9.17, 15) is 4.79 Å². The molecule has 2 rings (SSSR count). The highest BCUT2D eigenvalue weighted by molar-refractivity contribution is 5.96. The van der Waals surface area contributed by atoms with Crippen LogP contribution in [0.1, 0.15) is 37.8 Å². The van der Waals surface area contributed by atoms with Crippen molar-refractivity contribution in [1.82, 2.24) is 10.2 Å². The average molecular weight is 362 g/mol. The fraction of sp³-hybridized carbons (Fsp3) is 0.588. The van der Waals surface area contributed by atoms with Gasteiger partial charge in [-0.3, -0.25) is 9.69 Å². The van der Waals surface area contributed by atoms with Crippen molar-refractivity contribution in [1.29, 1.82) is 0 Å². The van der Waals surface area contributed by atoms with Crippen molar-refractivity contribution in [3.05, 3.63) is 29.3 Å². The second-order valence-electron chi connectivity index (χ2n) is 6.15. The molecule has 0 bridgehead atoms. The molecule has 0 radical (unpaired) electrons. The van der Waals surface area contributed by atoms with Crippen molar-refractivity contribution in [2.45, 2.75) is 39.7 Å². The number of anilines is 1. The van der Waals surface area contributed by atoms with Crippen LogP contribution in [0.25, 0.3) is 0 Å². The van der Waals surface area contributed by atoms with Gasteiger partial charge in [0.25, 0.3) is 0 Å². The molecule has 1 aromatic carbocycles. The first-order valence-corrected chi connectivity index (χ1v) is 7.86. The predicted molar refractivity (Wildman–Crippen MR) is 102 cm³/mol. The molecule has 1 atom stereocenters. The molecule has 0 aliphatic carbocycles. The Labute approximate surface area is 152 Å². The van der Waals surface area contributed by atoms with Crippen LogP contribution in [0, 0.1) is 6.92 Å². The first-order valence-electron chi connectivity index (χ1n) is 7.86. The molecule has 1 fully saturated rings. The normalized spacial score (nSPS) is 16.2. The lowest BCUT2D eigenvalue weighted by Crippen LogP contribution is -2.51. The Kier molecular flexibility index (Phi) is 9.78. The number of carbonyl (C=O) groups is 1. The largest absolute Gasteiger partial charge is 0.324 e. The molecule has 4 nitrogen and oxygen atoms in total. The summed E-state index contributed by atoms with van der Waals surface area (Å²) in [6.07, 6.45) is 0. The number of nitrogens with zero attached hydrogens (tertiary/aromatic N) is 1. The van der Waals surface area contributed by atoms with Gasteiger partial charge < -0.3 is 10.6 Å². The van der Waals surface area contributed by atoms with Crippen LogP contribution in [-0.4, -0.2) is 43.0 Å². The van der Waals surface area contributed by atoms with Gasteiger partial charge in [0.05, 0.1) is 6.04 Å². The fourth-order valence-corrected chi connectivity index (χ4v) is 2.81. The highest BCUT2D eigenvalue weighted by Gasteiger charge is 2.23. The molecule has 0 saturated carbocycles. The van der Waals surface area contributed by atoms with Gasteiger partial charge in [0.15, 0.2) is 0 Å². The Morgan fingerprint density at radius 1 is 1.17 bits per heavy atom.